The number of aryl methyl sites for hydroxylation is 2. The van der Waals surface area contributed by atoms with Crippen LogP contribution < -0.4 is 0 Å². The van der Waals surface area contributed by atoms with E-state index in [4.69, 9.17) is 16.0 Å². The lowest BCUT2D eigenvalue weighted by Crippen LogP contribution is -2.34. The molecule has 1 saturated heterocycles. The number of rotatable bonds is 5. The first-order chi connectivity index (χ1) is 13.5. The fraction of sp³-hybridized carbons (Fsp3) is 0.381. The zero-order valence-electron chi connectivity index (χ0n) is 16.1. The Hall–Kier alpha value is -2.60. The molecule has 3 heterocycles. The highest BCUT2D eigenvalue weighted by molar-refractivity contribution is 6.31. The van der Waals surface area contributed by atoms with Crippen molar-refractivity contribution in [3.8, 4) is 0 Å². The van der Waals surface area contributed by atoms with Crippen LogP contribution in [-0.2, 0) is 17.8 Å². The van der Waals surface area contributed by atoms with Crippen molar-refractivity contribution in [2.24, 2.45) is 0 Å². The van der Waals surface area contributed by atoms with Crippen LogP contribution in [0, 0.1) is 13.8 Å². The standard InChI is InChI=1S/C21H23ClN4O2/c1-14-10-15(2)26(24-14)13-20(27)25-9-5-8-19(25)21-23-12-17(28-21)11-16-6-3-4-7-18(16)22/h3-4,6-7,10,12,19H,5,8-9,11,13H2,1-2H3/t19-/m0/s1. The van der Waals surface area contributed by atoms with E-state index in [1.807, 2.05) is 49.1 Å². The maximum atomic E-state index is 12.9. The van der Waals surface area contributed by atoms with Gasteiger partial charge in [-0.2, -0.15) is 5.10 Å². The van der Waals surface area contributed by atoms with Crippen molar-refractivity contribution in [3.05, 3.63) is 70.2 Å². The second-order valence-electron chi connectivity index (χ2n) is 7.26. The molecular weight excluding hydrogens is 376 g/mol. The van der Waals surface area contributed by atoms with Gasteiger partial charge in [0, 0.05) is 23.7 Å². The first-order valence-corrected chi connectivity index (χ1v) is 9.87. The van der Waals surface area contributed by atoms with E-state index in [1.54, 1.807) is 10.9 Å². The minimum Gasteiger partial charge on any atom is -0.443 e. The Morgan fingerprint density at radius 1 is 1.32 bits per heavy atom. The van der Waals surface area contributed by atoms with Crippen LogP contribution in [-0.4, -0.2) is 32.1 Å². The van der Waals surface area contributed by atoms with Gasteiger partial charge < -0.3 is 9.32 Å². The molecule has 28 heavy (non-hydrogen) atoms. The van der Waals surface area contributed by atoms with E-state index in [9.17, 15) is 4.79 Å². The lowest BCUT2D eigenvalue weighted by Gasteiger charge is -2.22. The molecule has 1 fully saturated rings. The van der Waals surface area contributed by atoms with E-state index >= 15 is 0 Å². The minimum absolute atomic E-state index is 0.0413. The largest absolute Gasteiger partial charge is 0.443 e. The van der Waals surface area contributed by atoms with Crippen molar-refractivity contribution in [2.75, 3.05) is 6.54 Å². The first-order valence-electron chi connectivity index (χ1n) is 9.50. The van der Waals surface area contributed by atoms with E-state index in [1.165, 1.54) is 0 Å². The molecule has 3 aromatic rings. The Morgan fingerprint density at radius 2 is 2.14 bits per heavy atom. The second kappa shape index (κ2) is 7.80. The zero-order valence-corrected chi connectivity index (χ0v) is 16.8. The third-order valence-corrected chi connectivity index (χ3v) is 5.51. The maximum Gasteiger partial charge on any atom is 0.244 e. The molecular formula is C21H23ClN4O2. The smallest absolute Gasteiger partial charge is 0.244 e. The summed E-state index contributed by atoms with van der Waals surface area (Å²) in [5.74, 6) is 1.39. The van der Waals surface area contributed by atoms with E-state index in [-0.39, 0.29) is 18.5 Å². The summed E-state index contributed by atoms with van der Waals surface area (Å²) in [6, 6.07) is 9.56. The molecule has 0 radical (unpaired) electrons. The summed E-state index contributed by atoms with van der Waals surface area (Å²) in [6.07, 6.45) is 4.12. The van der Waals surface area contributed by atoms with Crippen LogP contribution in [0.25, 0.3) is 0 Å². The van der Waals surface area contributed by atoms with Crippen molar-refractivity contribution in [1.82, 2.24) is 19.7 Å². The molecule has 0 unspecified atom stereocenters. The number of amides is 1. The SMILES string of the molecule is Cc1cc(C)n(CC(=O)N2CCC[C@H]2c2ncc(Cc3ccccc3Cl)o2)n1. The zero-order chi connectivity index (χ0) is 19.7. The third kappa shape index (κ3) is 3.83. The lowest BCUT2D eigenvalue weighted by molar-refractivity contribution is -0.133. The summed E-state index contributed by atoms with van der Waals surface area (Å²) < 4.78 is 7.75. The van der Waals surface area contributed by atoms with Crippen molar-refractivity contribution in [2.45, 2.75) is 45.7 Å². The normalized spacial score (nSPS) is 16.7. The molecule has 1 aliphatic heterocycles. The maximum absolute atomic E-state index is 12.9. The van der Waals surface area contributed by atoms with Gasteiger partial charge in [-0.1, -0.05) is 29.8 Å². The molecule has 0 saturated carbocycles. The predicted octanol–water partition coefficient (Wildman–Crippen LogP) is 4.10. The number of benzene rings is 1. The van der Waals surface area contributed by atoms with Crippen LogP contribution in [0.1, 0.15) is 47.5 Å². The Labute approximate surface area is 169 Å². The van der Waals surface area contributed by atoms with Gasteiger partial charge in [-0.15, -0.1) is 0 Å². The topological polar surface area (TPSA) is 64.2 Å². The van der Waals surface area contributed by atoms with Gasteiger partial charge in [0.1, 0.15) is 18.3 Å². The van der Waals surface area contributed by atoms with Gasteiger partial charge in [0.05, 0.1) is 11.9 Å². The number of likely N-dealkylation sites (tertiary alicyclic amines) is 1. The molecule has 6 nitrogen and oxygen atoms in total. The average Bonchev–Trinajstić information content (AvgIpc) is 3.37. The molecule has 1 aliphatic rings. The van der Waals surface area contributed by atoms with Crippen LogP contribution in [0.15, 0.2) is 40.9 Å². The van der Waals surface area contributed by atoms with Crippen LogP contribution in [0.3, 0.4) is 0 Å². The van der Waals surface area contributed by atoms with Crippen LogP contribution >= 0.6 is 11.6 Å². The first kappa shape index (κ1) is 18.7. The summed E-state index contributed by atoms with van der Waals surface area (Å²) in [4.78, 5) is 19.2. The van der Waals surface area contributed by atoms with Crippen LogP contribution in [0.5, 0.6) is 0 Å². The highest BCUT2D eigenvalue weighted by Gasteiger charge is 2.33. The molecule has 2 aromatic heterocycles. The Bertz CT molecular complexity index is 994. The molecule has 1 atom stereocenters. The van der Waals surface area contributed by atoms with Gasteiger partial charge in [-0.25, -0.2) is 4.98 Å². The minimum atomic E-state index is -0.121. The van der Waals surface area contributed by atoms with Crippen LogP contribution in [0.4, 0.5) is 0 Å². The Kier molecular flexibility index (Phi) is 5.22. The number of nitrogens with zero attached hydrogens (tertiary/aromatic N) is 4. The van der Waals surface area contributed by atoms with E-state index in [2.05, 4.69) is 10.1 Å². The number of carbonyl (C=O) groups excluding carboxylic acids is 1. The van der Waals surface area contributed by atoms with Gasteiger partial charge in [0.15, 0.2) is 0 Å². The number of carbonyl (C=O) groups is 1. The van der Waals surface area contributed by atoms with E-state index in [0.717, 1.165) is 35.6 Å². The molecule has 146 valence electrons. The highest BCUT2D eigenvalue weighted by atomic mass is 35.5. The second-order valence-corrected chi connectivity index (χ2v) is 7.67. The van der Waals surface area contributed by atoms with Gasteiger partial charge in [-0.05, 0) is 44.4 Å². The van der Waals surface area contributed by atoms with Crippen molar-refractivity contribution < 1.29 is 9.21 Å². The molecule has 0 bridgehead atoms. The predicted molar refractivity (Wildman–Crippen MR) is 106 cm³/mol. The number of aromatic nitrogens is 3. The Morgan fingerprint density at radius 3 is 2.89 bits per heavy atom. The van der Waals surface area contributed by atoms with Crippen molar-refractivity contribution in [1.29, 1.82) is 0 Å². The quantitative estimate of drug-likeness (QED) is 0.649. The van der Waals surface area contributed by atoms with Gasteiger partial charge in [0.25, 0.3) is 0 Å². The van der Waals surface area contributed by atoms with Gasteiger partial charge in [0.2, 0.25) is 11.8 Å². The van der Waals surface area contributed by atoms with Crippen molar-refractivity contribution >= 4 is 17.5 Å². The van der Waals surface area contributed by atoms with Gasteiger partial charge >= 0.3 is 0 Å². The number of hydrogen-bond acceptors (Lipinski definition) is 4. The fourth-order valence-electron chi connectivity index (χ4n) is 3.76. The van der Waals surface area contributed by atoms with Crippen LogP contribution in [0.2, 0.25) is 5.02 Å². The third-order valence-electron chi connectivity index (χ3n) is 5.14. The fourth-order valence-corrected chi connectivity index (χ4v) is 3.97. The van der Waals surface area contributed by atoms with E-state index in [0.29, 0.717) is 23.9 Å². The lowest BCUT2D eigenvalue weighted by atomic mass is 10.1. The molecule has 0 spiro atoms. The molecule has 7 heteroatoms. The summed E-state index contributed by atoms with van der Waals surface area (Å²) in [5.41, 5.74) is 2.90. The average molecular weight is 399 g/mol. The molecule has 4 rings (SSSR count). The van der Waals surface area contributed by atoms with Crippen molar-refractivity contribution in [3.63, 3.8) is 0 Å². The monoisotopic (exact) mass is 398 g/mol. The van der Waals surface area contributed by atoms with E-state index < -0.39 is 0 Å². The molecule has 1 aromatic carbocycles. The summed E-state index contributed by atoms with van der Waals surface area (Å²) in [5, 5.41) is 5.11. The number of oxazole rings is 1. The molecule has 0 aliphatic carbocycles. The molecule has 0 N–H and O–H groups in total. The Balaban J connectivity index is 1.48. The molecule has 1 amide bonds. The summed E-state index contributed by atoms with van der Waals surface area (Å²) in [7, 11) is 0. The number of halogens is 1. The summed E-state index contributed by atoms with van der Waals surface area (Å²) in [6.45, 7) is 4.85. The summed E-state index contributed by atoms with van der Waals surface area (Å²) >= 11 is 6.24. The van der Waals surface area contributed by atoms with Gasteiger partial charge in [-0.3, -0.25) is 9.48 Å². The highest BCUT2D eigenvalue weighted by Crippen LogP contribution is 2.32. The number of hydrogen-bond donors (Lipinski definition) is 0.